The van der Waals surface area contributed by atoms with Gasteiger partial charge in [-0.1, -0.05) is 13.3 Å². The first-order valence-electron chi connectivity index (χ1n) is 6.58. The van der Waals surface area contributed by atoms with Crippen LogP contribution in [0.5, 0.6) is 0 Å². The second-order valence-corrected chi connectivity index (χ2v) is 4.97. The number of amides is 1. The molecule has 1 aliphatic rings. The molecule has 1 saturated heterocycles. The number of likely N-dealkylation sites (tertiary alicyclic amines) is 1. The molecule has 1 N–H and O–H groups in total. The number of hydrogen-bond donors (Lipinski definition) is 1. The number of nitrogens with one attached hydrogen (secondary N) is 1. The second-order valence-electron chi connectivity index (χ2n) is 4.97. The molecule has 1 amide bonds. The zero-order valence-electron chi connectivity index (χ0n) is 11.2. The lowest BCUT2D eigenvalue weighted by molar-refractivity contribution is -0.127. The van der Waals surface area contributed by atoms with Crippen LogP contribution in [0.3, 0.4) is 0 Å². The molecule has 0 aromatic carbocycles. The summed E-state index contributed by atoms with van der Waals surface area (Å²) in [5, 5.41) is 2.94. The van der Waals surface area contributed by atoms with Crippen molar-refractivity contribution in [1.82, 2.24) is 10.2 Å². The Balaban J connectivity index is 2.47. The maximum atomic E-state index is 11.8. The lowest BCUT2D eigenvalue weighted by Crippen LogP contribution is -2.49. The molecule has 0 aliphatic carbocycles. The molecule has 17 heavy (non-hydrogen) atoms. The predicted molar refractivity (Wildman–Crippen MR) is 67.8 cm³/mol. The van der Waals surface area contributed by atoms with Crippen molar-refractivity contribution in [3.05, 3.63) is 0 Å². The minimum Gasteiger partial charge on any atom is -0.353 e. The van der Waals surface area contributed by atoms with Crippen molar-refractivity contribution in [3.8, 4) is 0 Å². The summed E-state index contributed by atoms with van der Waals surface area (Å²) < 4.78 is 0. The third-order valence-electron chi connectivity index (χ3n) is 3.45. The molecule has 0 saturated carbocycles. The van der Waals surface area contributed by atoms with Gasteiger partial charge in [0.15, 0.2) is 0 Å². The molecule has 1 aliphatic heterocycles. The summed E-state index contributed by atoms with van der Waals surface area (Å²) in [5.74, 6) is 0.216. The van der Waals surface area contributed by atoms with Gasteiger partial charge in [-0.15, -0.1) is 0 Å². The van der Waals surface area contributed by atoms with Gasteiger partial charge in [0, 0.05) is 6.04 Å². The molecule has 0 bridgehead atoms. The fourth-order valence-electron chi connectivity index (χ4n) is 2.25. The van der Waals surface area contributed by atoms with E-state index in [9.17, 15) is 9.59 Å². The molecule has 4 nitrogen and oxygen atoms in total. The molecular formula is C13H24N2O2. The topological polar surface area (TPSA) is 49.4 Å². The molecule has 2 unspecified atom stereocenters. The molecule has 1 fully saturated rings. The van der Waals surface area contributed by atoms with Crippen LogP contribution in [0.1, 0.15) is 46.5 Å². The Morgan fingerprint density at radius 1 is 1.41 bits per heavy atom. The maximum absolute atomic E-state index is 11.8. The Labute approximate surface area is 104 Å². The van der Waals surface area contributed by atoms with E-state index in [2.05, 4.69) is 5.32 Å². The zero-order valence-corrected chi connectivity index (χ0v) is 11.2. The fourth-order valence-corrected chi connectivity index (χ4v) is 2.25. The molecule has 4 heteroatoms. The van der Waals surface area contributed by atoms with E-state index < -0.39 is 0 Å². The summed E-state index contributed by atoms with van der Waals surface area (Å²) in [7, 11) is 0. The molecular weight excluding hydrogens is 216 g/mol. The van der Waals surface area contributed by atoms with Crippen molar-refractivity contribution in [2.75, 3.05) is 13.1 Å². The molecule has 0 aromatic rings. The van der Waals surface area contributed by atoms with E-state index in [0.717, 1.165) is 32.2 Å². The number of hydrogen-bond acceptors (Lipinski definition) is 3. The van der Waals surface area contributed by atoms with Crippen molar-refractivity contribution in [3.63, 3.8) is 0 Å². The van der Waals surface area contributed by atoms with E-state index in [0.29, 0.717) is 6.54 Å². The SMILES string of the molecule is CCC(C)NC(=O)CN1CCCCC1C(C)=O. The van der Waals surface area contributed by atoms with Crippen LogP contribution in [0.15, 0.2) is 0 Å². The van der Waals surface area contributed by atoms with E-state index in [-0.39, 0.29) is 23.8 Å². The highest BCUT2D eigenvalue weighted by Gasteiger charge is 2.27. The Morgan fingerprint density at radius 2 is 2.12 bits per heavy atom. The first-order valence-corrected chi connectivity index (χ1v) is 6.58. The van der Waals surface area contributed by atoms with Crippen LogP contribution < -0.4 is 5.32 Å². The Bertz CT molecular complexity index is 279. The van der Waals surface area contributed by atoms with Gasteiger partial charge in [-0.2, -0.15) is 0 Å². The number of carbonyl (C=O) groups is 2. The van der Waals surface area contributed by atoms with Crippen molar-refractivity contribution in [1.29, 1.82) is 0 Å². The van der Waals surface area contributed by atoms with Crippen LogP contribution in [-0.2, 0) is 9.59 Å². The van der Waals surface area contributed by atoms with Crippen LogP contribution in [0.2, 0.25) is 0 Å². The quantitative estimate of drug-likeness (QED) is 0.789. The molecule has 0 radical (unpaired) electrons. The lowest BCUT2D eigenvalue weighted by atomic mass is 9.99. The van der Waals surface area contributed by atoms with Crippen molar-refractivity contribution >= 4 is 11.7 Å². The molecule has 1 rings (SSSR count). The monoisotopic (exact) mass is 240 g/mol. The van der Waals surface area contributed by atoms with E-state index >= 15 is 0 Å². The minimum atomic E-state index is -0.0496. The largest absolute Gasteiger partial charge is 0.353 e. The molecule has 2 atom stereocenters. The summed E-state index contributed by atoms with van der Waals surface area (Å²) in [5.41, 5.74) is 0. The third-order valence-corrected chi connectivity index (χ3v) is 3.45. The maximum Gasteiger partial charge on any atom is 0.234 e. The molecule has 98 valence electrons. The Kier molecular flexibility index (Phi) is 5.62. The Morgan fingerprint density at radius 3 is 2.71 bits per heavy atom. The smallest absolute Gasteiger partial charge is 0.234 e. The summed E-state index contributed by atoms with van der Waals surface area (Å²) in [6.07, 6.45) is 4.00. The molecule has 0 aromatic heterocycles. The van der Waals surface area contributed by atoms with E-state index in [1.807, 2.05) is 18.7 Å². The van der Waals surface area contributed by atoms with Gasteiger partial charge in [0.05, 0.1) is 12.6 Å². The summed E-state index contributed by atoms with van der Waals surface area (Å²) in [6.45, 7) is 6.88. The van der Waals surface area contributed by atoms with Gasteiger partial charge in [-0.25, -0.2) is 0 Å². The van der Waals surface area contributed by atoms with Gasteiger partial charge in [0.1, 0.15) is 5.78 Å². The molecule has 0 spiro atoms. The highest BCUT2D eigenvalue weighted by Crippen LogP contribution is 2.17. The fraction of sp³-hybridized carbons (Fsp3) is 0.846. The van der Waals surface area contributed by atoms with E-state index in [1.165, 1.54) is 0 Å². The number of carbonyl (C=O) groups excluding carboxylic acids is 2. The highest BCUT2D eigenvalue weighted by molar-refractivity contribution is 5.83. The van der Waals surface area contributed by atoms with Crippen LogP contribution >= 0.6 is 0 Å². The van der Waals surface area contributed by atoms with Gasteiger partial charge < -0.3 is 5.32 Å². The first-order chi connectivity index (χ1) is 8.04. The van der Waals surface area contributed by atoms with Gasteiger partial charge in [0.25, 0.3) is 0 Å². The van der Waals surface area contributed by atoms with Crippen LogP contribution in [-0.4, -0.2) is 41.8 Å². The summed E-state index contributed by atoms with van der Waals surface area (Å²) in [4.78, 5) is 25.3. The Hall–Kier alpha value is -0.900. The zero-order chi connectivity index (χ0) is 12.8. The van der Waals surface area contributed by atoms with Gasteiger partial charge in [-0.05, 0) is 39.7 Å². The average Bonchev–Trinajstić information content (AvgIpc) is 2.29. The van der Waals surface area contributed by atoms with E-state index in [4.69, 9.17) is 0 Å². The number of nitrogens with zero attached hydrogens (tertiary/aromatic N) is 1. The predicted octanol–water partition coefficient (Wildman–Crippen LogP) is 1.34. The van der Waals surface area contributed by atoms with Gasteiger partial charge in [-0.3, -0.25) is 14.5 Å². The number of ketones is 1. The lowest BCUT2D eigenvalue weighted by Gasteiger charge is -2.33. The third kappa shape index (κ3) is 4.46. The second kappa shape index (κ2) is 6.74. The van der Waals surface area contributed by atoms with E-state index in [1.54, 1.807) is 6.92 Å². The van der Waals surface area contributed by atoms with Crippen LogP contribution in [0, 0.1) is 0 Å². The van der Waals surface area contributed by atoms with Gasteiger partial charge in [0.2, 0.25) is 5.91 Å². The summed E-state index contributed by atoms with van der Waals surface area (Å²) >= 11 is 0. The number of rotatable bonds is 5. The standard InChI is InChI=1S/C13H24N2O2/c1-4-10(2)14-13(17)9-15-8-6-5-7-12(15)11(3)16/h10,12H,4-9H2,1-3H3,(H,14,17). The van der Waals surface area contributed by atoms with Crippen LogP contribution in [0.4, 0.5) is 0 Å². The normalized spacial score (nSPS) is 23.1. The summed E-state index contributed by atoms with van der Waals surface area (Å²) in [6, 6.07) is 0.162. The number of piperidine rings is 1. The first kappa shape index (κ1) is 14.2. The number of Topliss-reactive ketones (excluding diaryl/α,β-unsaturated/α-hetero) is 1. The van der Waals surface area contributed by atoms with Crippen molar-refractivity contribution < 1.29 is 9.59 Å². The highest BCUT2D eigenvalue weighted by atomic mass is 16.2. The van der Waals surface area contributed by atoms with Gasteiger partial charge >= 0.3 is 0 Å². The average molecular weight is 240 g/mol. The minimum absolute atomic E-state index is 0.0347. The van der Waals surface area contributed by atoms with Crippen molar-refractivity contribution in [2.24, 2.45) is 0 Å². The van der Waals surface area contributed by atoms with Crippen molar-refractivity contribution in [2.45, 2.75) is 58.5 Å². The van der Waals surface area contributed by atoms with Crippen LogP contribution in [0.25, 0.3) is 0 Å². The molecule has 1 heterocycles.